The van der Waals surface area contributed by atoms with E-state index in [0.29, 0.717) is 29.3 Å². The van der Waals surface area contributed by atoms with Gasteiger partial charge < -0.3 is 19.2 Å². The Hall–Kier alpha value is -3.09. The van der Waals surface area contributed by atoms with E-state index in [9.17, 15) is 14.4 Å². The van der Waals surface area contributed by atoms with E-state index in [-0.39, 0.29) is 17.7 Å². The van der Waals surface area contributed by atoms with Crippen molar-refractivity contribution in [3.8, 4) is 5.75 Å². The fourth-order valence-electron chi connectivity index (χ4n) is 2.73. The molecule has 0 radical (unpaired) electrons. The number of aromatic nitrogens is 1. The van der Waals surface area contributed by atoms with E-state index < -0.39 is 24.3 Å². The Balaban J connectivity index is 2.09. The van der Waals surface area contributed by atoms with Crippen molar-refractivity contribution in [3.63, 3.8) is 0 Å². The van der Waals surface area contributed by atoms with E-state index in [1.807, 2.05) is 6.92 Å². The Morgan fingerprint density at radius 2 is 1.48 bits per heavy atom. The number of aromatic amines is 1. The average Bonchev–Trinajstić information content (AvgIpc) is 2.94. The maximum absolute atomic E-state index is 12.6. The number of hydrogen-bond acceptors (Lipinski definition) is 6. The molecule has 1 N–H and O–H groups in total. The Morgan fingerprint density at radius 1 is 0.852 bits per heavy atom. The molecule has 0 amide bonds. The summed E-state index contributed by atoms with van der Waals surface area (Å²) in [4.78, 5) is 39.8. The van der Waals surface area contributed by atoms with Gasteiger partial charge in [0.2, 0.25) is 5.78 Å². The number of carbonyl (C=O) groups is 3. The molecule has 0 aliphatic carbocycles. The highest BCUT2D eigenvalue weighted by molar-refractivity contribution is 6.09. The lowest BCUT2D eigenvalue weighted by atomic mass is 10.1. The van der Waals surface area contributed by atoms with Crippen molar-refractivity contribution < 1.29 is 28.6 Å². The van der Waals surface area contributed by atoms with Gasteiger partial charge in [-0.2, -0.15) is 0 Å². The van der Waals surface area contributed by atoms with Crippen LogP contribution in [0.15, 0.2) is 24.3 Å². The van der Waals surface area contributed by atoms with Crippen LogP contribution in [-0.4, -0.2) is 42.5 Å². The zero-order valence-corrected chi connectivity index (χ0v) is 15.9. The molecule has 144 valence electrons. The molecule has 0 aliphatic rings. The van der Waals surface area contributed by atoms with Crippen LogP contribution >= 0.6 is 0 Å². The summed E-state index contributed by atoms with van der Waals surface area (Å²) in [6.07, 6.45) is 0. The molecule has 0 saturated heterocycles. The number of rotatable bonds is 8. The summed E-state index contributed by atoms with van der Waals surface area (Å²) in [5, 5.41) is 0. The minimum absolute atomic E-state index is 0.177. The fraction of sp³-hybridized carbons (Fsp3) is 0.350. The van der Waals surface area contributed by atoms with Crippen molar-refractivity contribution in [3.05, 3.63) is 52.3 Å². The minimum Gasteiger partial charge on any atom is -0.494 e. The first-order valence-electron chi connectivity index (χ1n) is 8.68. The third-order valence-corrected chi connectivity index (χ3v) is 3.87. The molecule has 0 spiro atoms. The third kappa shape index (κ3) is 4.75. The van der Waals surface area contributed by atoms with Crippen molar-refractivity contribution in [1.29, 1.82) is 0 Å². The molecule has 7 heteroatoms. The van der Waals surface area contributed by atoms with Crippen LogP contribution in [0.4, 0.5) is 0 Å². The maximum atomic E-state index is 12.6. The molecule has 0 unspecified atom stereocenters. The van der Waals surface area contributed by atoms with Gasteiger partial charge in [-0.25, -0.2) is 9.59 Å². The second kappa shape index (κ2) is 9.02. The van der Waals surface area contributed by atoms with Gasteiger partial charge in [-0.05, 0) is 52.0 Å². The molecule has 1 heterocycles. The van der Waals surface area contributed by atoms with Crippen LogP contribution in [0.2, 0.25) is 0 Å². The van der Waals surface area contributed by atoms with Gasteiger partial charge in [-0.1, -0.05) is 0 Å². The lowest BCUT2D eigenvalue weighted by molar-refractivity contribution is 0.0472. The number of esters is 2. The summed E-state index contributed by atoms with van der Waals surface area (Å²) in [5.74, 6) is -1.05. The first-order chi connectivity index (χ1) is 12.9. The Morgan fingerprint density at radius 3 is 2.07 bits per heavy atom. The Labute approximate surface area is 157 Å². The Kier molecular flexibility index (Phi) is 6.76. The van der Waals surface area contributed by atoms with E-state index in [1.165, 1.54) is 0 Å². The second-order valence-electron chi connectivity index (χ2n) is 5.80. The van der Waals surface area contributed by atoms with Gasteiger partial charge in [-0.3, -0.25) is 4.79 Å². The van der Waals surface area contributed by atoms with Gasteiger partial charge in [-0.15, -0.1) is 0 Å². The van der Waals surface area contributed by atoms with Gasteiger partial charge in [0.05, 0.1) is 29.9 Å². The van der Waals surface area contributed by atoms with Crippen LogP contribution in [0.3, 0.4) is 0 Å². The number of hydrogen-bond donors (Lipinski definition) is 1. The molecule has 7 nitrogen and oxygen atoms in total. The first kappa shape index (κ1) is 20.2. The lowest BCUT2D eigenvalue weighted by Crippen LogP contribution is -2.18. The summed E-state index contributed by atoms with van der Waals surface area (Å²) in [6, 6.07) is 6.43. The topological polar surface area (TPSA) is 94.7 Å². The zero-order chi connectivity index (χ0) is 20.0. The highest BCUT2D eigenvalue weighted by Gasteiger charge is 2.26. The highest BCUT2D eigenvalue weighted by Crippen LogP contribution is 2.21. The van der Waals surface area contributed by atoms with E-state index in [0.717, 1.165) is 0 Å². The number of aryl methyl sites for hydroxylation is 2. The number of carbonyl (C=O) groups excluding carboxylic acids is 3. The number of Topliss-reactive ketones (excluding diaryl/α,β-unsaturated/α-hetero) is 1. The fourth-order valence-corrected chi connectivity index (χ4v) is 2.73. The van der Waals surface area contributed by atoms with Gasteiger partial charge in [0, 0.05) is 11.4 Å². The number of nitrogens with one attached hydrogen (secondary N) is 1. The molecule has 1 aromatic heterocycles. The molecule has 0 bridgehead atoms. The monoisotopic (exact) mass is 373 g/mol. The predicted octanol–water partition coefficient (Wildman–Crippen LogP) is 3.25. The van der Waals surface area contributed by atoms with Crippen LogP contribution in [-0.2, 0) is 9.47 Å². The molecular weight excluding hydrogens is 350 g/mol. The van der Waals surface area contributed by atoms with Crippen molar-refractivity contribution in [2.75, 3.05) is 19.8 Å². The van der Waals surface area contributed by atoms with Gasteiger partial charge >= 0.3 is 11.9 Å². The molecule has 2 aromatic rings. The van der Waals surface area contributed by atoms with Crippen molar-refractivity contribution in [2.45, 2.75) is 27.7 Å². The average molecular weight is 373 g/mol. The van der Waals surface area contributed by atoms with Crippen LogP contribution in [0.5, 0.6) is 5.75 Å². The second-order valence-corrected chi connectivity index (χ2v) is 5.80. The summed E-state index contributed by atoms with van der Waals surface area (Å²) < 4.78 is 15.4. The van der Waals surface area contributed by atoms with Crippen molar-refractivity contribution in [2.24, 2.45) is 0 Å². The van der Waals surface area contributed by atoms with Gasteiger partial charge in [0.25, 0.3) is 0 Å². The van der Waals surface area contributed by atoms with Crippen LogP contribution in [0.1, 0.15) is 56.3 Å². The first-order valence-corrected chi connectivity index (χ1v) is 8.68. The molecule has 1 aromatic carbocycles. The minimum atomic E-state index is -0.631. The van der Waals surface area contributed by atoms with E-state index in [4.69, 9.17) is 14.2 Å². The Bertz CT molecular complexity index is 835. The molecule has 0 fully saturated rings. The normalized spacial score (nSPS) is 10.4. The van der Waals surface area contributed by atoms with Gasteiger partial charge in [0.15, 0.2) is 6.61 Å². The van der Waals surface area contributed by atoms with Crippen LogP contribution in [0.25, 0.3) is 0 Å². The molecular formula is C20H23NO6. The zero-order valence-electron chi connectivity index (χ0n) is 15.9. The highest BCUT2D eigenvalue weighted by atomic mass is 16.5. The summed E-state index contributed by atoms with van der Waals surface area (Å²) in [5.41, 5.74) is 1.73. The molecule has 0 saturated carbocycles. The van der Waals surface area contributed by atoms with E-state index >= 15 is 0 Å². The SMILES string of the molecule is CCOC(=O)c1c(C)[nH]c(C)c1C(=O)COC(=O)c1ccc(OCC)cc1. The molecule has 27 heavy (non-hydrogen) atoms. The van der Waals surface area contributed by atoms with Crippen LogP contribution in [0, 0.1) is 13.8 Å². The lowest BCUT2D eigenvalue weighted by Gasteiger charge is -2.08. The van der Waals surface area contributed by atoms with E-state index in [2.05, 4.69) is 4.98 Å². The molecule has 2 rings (SSSR count). The van der Waals surface area contributed by atoms with Gasteiger partial charge in [0.1, 0.15) is 5.75 Å². The van der Waals surface area contributed by atoms with Crippen LogP contribution < -0.4 is 4.74 Å². The quantitative estimate of drug-likeness (QED) is 0.564. The standard InChI is InChI=1S/C20H23NO6/c1-5-25-15-9-7-14(8-10-15)19(23)27-11-16(22)17-12(3)21-13(4)18(17)20(24)26-6-2/h7-10,21H,5-6,11H2,1-4H3. The summed E-state index contributed by atoms with van der Waals surface area (Å²) >= 11 is 0. The third-order valence-electron chi connectivity index (χ3n) is 3.87. The van der Waals surface area contributed by atoms with Crippen molar-refractivity contribution >= 4 is 17.7 Å². The smallest absolute Gasteiger partial charge is 0.340 e. The summed E-state index contributed by atoms with van der Waals surface area (Å²) in [7, 11) is 0. The number of ether oxygens (including phenoxy) is 3. The van der Waals surface area contributed by atoms with E-state index in [1.54, 1.807) is 45.0 Å². The summed E-state index contributed by atoms with van der Waals surface area (Å²) in [6.45, 7) is 7.16. The van der Waals surface area contributed by atoms with Crippen molar-refractivity contribution in [1.82, 2.24) is 4.98 Å². The number of ketones is 1. The number of H-pyrrole nitrogens is 1. The molecule has 0 atom stereocenters. The number of benzene rings is 1. The molecule has 0 aliphatic heterocycles. The largest absolute Gasteiger partial charge is 0.494 e. The maximum Gasteiger partial charge on any atom is 0.340 e. The predicted molar refractivity (Wildman–Crippen MR) is 98.4 cm³/mol.